The van der Waals surface area contributed by atoms with Crippen molar-refractivity contribution in [3.63, 3.8) is 0 Å². The molecule has 1 aliphatic rings. The van der Waals surface area contributed by atoms with E-state index in [9.17, 15) is 8.42 Å². The Morgan fingerprint density at radius 1 is 1.25 bits per heavy atom. The average Bonchev–Trinajstić information content (AvgIpc) is 2.46. The van der Waals surface area contributed by atoms with Crippen molar-refractivity contribution >= 4 is 9.84 Å². The Morgan fingerprint density at radius 3 is 2.40 bits per heavy atom. The minimum Gasteiger partial charge on any atom is -0.495 e. The molecule has 0 saturated heterocycles. The Morgan fingerprint density at radius 2 is 1.90 bits per heavy atom. The van der Waals surface area contributed by atoms with E-state index < -0.39 is 9.84 Å². The van der Waals surface area contributed by atoms with Gasteiger partial charge in [-0.1, -0.05) is 31.4 Å². The van der Waals surface area contributed by atoms with Crippen LogP contribution < -0.4 is 10.5 Å². The zero-order valence-corrected chi connectivity index (χ0v) is 13.0. The van der Waals surface area contributed by atoms with Crippen LogP contribution in [0.1, 0.15) is 37.7 Å². The van der Waals surface area contributed by atoms with Crippen LogP contribution in [0.2, 0.25) is 0 Å². The van der Waals surface area contributed by atoms with Crippen LogP contribution in [0.4, 0.5) is 0 Å². The fraction of sp³-hybridized carbons (Fsp3) is 0.600. The summed E-state index contributed by atoms with van der Waals surface area (Å²) in [6.07, 6.45) is 6.51. The van der Waals surface area contributed by atoms with Gasteiger partial charge >= 0.3 is 0 Å². The summed E-state index contributed by atoms with van der Waals surface area (Å²) in [5.74, 6) is 0.420. The predicted molar refractivity (Wildman–Crippen MR) is 79.9 cm³/mol. The maximum atomic E-state index is 12.2. The van der Waals surface area contributed by atoms with Crippen molar-refractivity contribution in [2.75, 3.05) is 19.9 Å². The summed E-state index contributed by atoms with van der Waals surface area (Å²) in [5.41, 5.74) is 6.64. The molecule has 0 aromatic heterocycles. The molecular weight excluding hydrogens is 274 g/mol. The lowest BCUT2D eigenvalue weighted by Gasteiger charge is -2.38. The van der Waals surface area contributed by atoms with Crippen LogP contribution in [0.25, 0.3) is 0 Å². The summed E-state index contributed by atoms with van der Waals surface area (Å²) in [6, 6.07) is 5.46. The predicted octanol–water partition coefficient (Wildman–Crippen LogP) is 2.26. The summed E-state index contributed by atoms with van der Waals surface area (Å²) < 4.78 is 29.7. The highest BCUT2D eigenvalue weighted by atomic mass is 32.2. The van der Waals surface area contributed by atoms with Crippen LogP contribution in [0.15, 0.2) is 23.1 Å². The molecule has 1 aromatic rings. The van der Waals surface area contributed by atoms with Crippen LogP contribution >= 0.6 is 0 Å². The second kappa shape index (κ2) is 5.74. The third-order valence-corrected chi connectivity index (χ3v) is 5.51. The monoisotopic (exact) mass is 297 g/mol. The van der Waals surface area contributed by atoms with Crippen LogP contribution in [0.5, 0.6) is 5.75 Å². The number of benzene rings is 1. The normalized spacial score (nSPS) is 18.8. The van der Waals surface area contributed by atoms with Crippen molar-refractivity contribution in [1.82, 2.24) is 0 Å². The molecule has 0 atom stereocenters. The first-order valence-corrected chi connectivity index (χ1v) is 8.91. The van der Waals surface area contributed by atoms with E-state index in [0.717, 1.165) is 31.2 Å². The van der Waals surface area contributed by atoms with Crippen LogP contribution in [0.3, 0.4) is 0 Å². The summed E-state index contributed by atoms with van der Waals surface area (Å²) in [6.45, 7) is 0.475. The number of sulfone groups is 1. The molecule has 4 nitrogen and oxygen atoms in total. The second-order valence-electron chi connectivity index (χ2n) is 5.65. The van der Waals surface area contributed by atoms with Crippen molar-refractivity contribution in [1.29, 1.82) is 0 Å². The first-order valence-electron chi connectivity index (χ1n) is 7.02. The number of methoxy groups -OCH3 is 1. The molecule has 0 spiro atoms. The smallest absolute Gasteiger partial charge is 0.179 e. The Labute approximate surface area is 121 Å². The average molecular weight is 297 g/mol. The molecule has 0 aliphatic heterocycles. The number of ether oxygens (including phenoxy) is 1. The fourth-order valence-electron chi connectivity index (χ4n) is 3.29. The van der Waals surface area contributed by atoms with Crippen molar-refractivity contribution in [3.8, 4) is 5.75 Å². The summed E-state index contributed by atoms with van der Waals surface area (Å²) in [4.78, 5) is 0.315. The van der Waals surface area contributed by atoms with Gasteiger partial charge in [0.25, 0.3) is 0 Å². The zero-order valence-electron chi connectivity index (χ0n) is 12.2. The molecule has 0 bridgehead atoms. The lowest BCUT2D eigenvalue weighted by Crippen LogP contribution is -2.38. The lowest BCUT2D eigenvalue weighted by molar-refractivity contribution is 0.293. The number of hydrogen-bond donors (Lipinski definition) is 1. The van der Waals surface area contributed by atoms with Gasteiger partial charge < -0.3 is 10.5 Å². The molecular formula is C15H23NO3S. The Balaban J connectivity index is 2.67. The molecule has 0 unspecified atom stereocenters. The first kappa shape index (κ1) is 15.3. The van der Waals surface area contributed by atoms with E-state index >= 15 is 0 Å². The van der Waals surface area contributed by atoms with Crippen LogP contribution in [-0.2, 0) is 15.3 Å². The van der Waals surface area contributed by atoms with Crippen molar-refractivity contribution in [3.05, 3.63) is 23.8 Å². The van der Waals surface area contributed by atoms with Gasteiger partial charge in [-0.15, -0.1) is 0 Å². The van der Waals surface area contributed by atoms with Gasteiger partial charge in [0.15, 0.2) is 9.84 Å². The quantitative estimate of drug-likeness (QED) is 0.925. The van der Waals surface area contributed by atoms with Gasteiger partial charge in [0.2, 0.25) is 0 Å². The molecule has 1 saturated carbocycles. The summed E-state index contributed by atoms with van der Waals surface area (Å²) in [5, 5.41) is 0. The second-order valence-corrected chi connectivity index (χ2v) is 7.61. The Hall–Kier alpha value is -1.07. The first-order chi connectivity index (χ1) is 9.44. The number of rotatable bonds is 4. The molecule has 112 valence electrons. The van der Waals surface area contributed by atoms with Crippen molar-refractivity contribution < 1.29 is 13.2 Å². The molecule has 2 rings (SSSR count). The highest BCUT2D eigenvalue weighted by molar-refractivity contribution is 7.90. The van der Waals surface area contributed by atoms with Gasteiger partial charge in [-0.25, -0.2) is 8.42 Å². The van der Waals surface area contributed by atoms with E-state index in [2.05, 4.69) is 0 Å². The van der Waals surface area contributed by atoms with Gasteiger partial charge in [-0.3, -0.25) is 0 Å². The van der Waals surface area contributed by atoms with Gasteiger partial charge in [0.05, 0.1) is 7.11 Å². The number of nitrogens with two attached hydrogens (primary N) is 1. The molecule has 1 fully saturated rings. The number of hydrogen-bond acceptors (Lipinski definition) is 4. The van der Waals surface area contributed by atoms with E-state index in [1.54, 1.807) is 6.07 Å². The van der Waals surface area contributed by atoms with Crippen molar-refractivity contribution in [2.45, 2.75) is 42.4 Å². The van der Waals surface area contributed by atoms with Gasteiger partial charge in [0, 0.05) is 18.2 Å². The zero-order chi connectivity index (χ0) is 14.8. The molecule has 5 heteroatoms. The van der Waals surface area contributed by atoms with E-state index in [1.807, 2.05) is 12.1 Å². The van der Waals surface area contributed by atoms with Crippen molar-refractivity contribution in [2.24, 2.45) is 5.73 Å². The topological polar surface area (TPSA) is 69.4 Å². The van der Waals surface area contributed by atoms with Crippen LogP contribution in [0, 0.1) is 0 Å². The van der Waals surface area contributed by atoms with Gasteiger partial charge in [0.1, 0.15) is 10.6 Å². The molecule has 0 amide bonds. The summed E-state index contributed by atoms with van der Waals surface area (Å²) >= 11 is 0. The standard InChI is InChI=1S/C15H23NO3S/c1-19-13-8-6-7-12(14(13)20(2,17)18)15(11-16)9-4-3-5-10-15/h6-8H,3-5,9-11,16H2,1-2H3. The largest absolute Gasteiger partial charge is 0.495 e. The van der Waals surface area contributed by atoms with E-state index in [-0.39, 0.29) is 5.41 Å². The lowest BCUT2D eigenvalue weighted by atomic mass is 9.69. The minimum absolute atomic E-state index is 0.231. The highest BCUT2D eigenvalue weighted by Gasteiger charge is 2.37. The van der Waals surface area contributed by atoms with Gasteiger partial charge in [-0.05, 0) is 24.5 Å². The maximum absolute atomic E-state index is 12.2. The van der Waals surface area contributed by atoms with E-state index in [1.165, 1.54) is 19.8 Å². The minimum atomic E-state index is -3.35. The fourth-order valence-corrected chi connectivity index (χ4v) is 4.49. The molecule has 20 heavy (non-hydrogen) atoms. The molecule has 0 heterocycles. The summed E-state index contributed by atoms with van der Waals surface area (Å²) in [7, 11) is -1.85. The van der Waals surface area contributed by atoms with Gasteiger partial charge in [-0.2, -0.15) is 0 Å². The molecule has 0 radical (unpaired) electrons. The Kier molecular flexibility index (Phi) is 4.39. The molecule has 2 N–H and O–H groups in total. The van der Waals surface area contributed by atoms with E-state index in [4.69, 9.17) is 10.5 Å². The molecule has 1 aliphatic carbocycles. The SMILES string of the molecule is COc1cccc(C2(CN)CCCCC2)c1S(C)(=O)=O. The third kappa shape index (κ3) is 2.69. The maximum Gasteiger partial charge on any atom is 0.179 e. The highest BCUT2D eigenvalue weighted by Crippen LogP contribution is 2.43. The van der Waals surface area contributed by atoms with Crippen LogP contribution in [-0.4, -0.2) is 28.3 Å². The third-order valence-electron chi connectivity index (χ3n) is 4.34. The Bertz CT molecular complexity index is 575. The van der Waals surface area contributed by atoms with E-state index in [0.29, 0.717) is 17.2 Å². The molecule has 1 aromatic carbocycles.